The van der Waals surface area contributed by atoms with E-state index in [0.717, 1.165) is 60.9 Å². The maximum atomic E-state index is 13.3. The van der Waals surface area contributed by atoms with Crippen LogP contribution in [0.3, 0.4) is 0 Å². The predicted molar refractivity (Wildman–Crippen MR) is 163 cm³/mol. The summed E-state index contributed by atoms with van der Waals surface area (Å²) in [5.41, 5.74) is 6.29. The fourth-order valence-corrected chi connectivity index (χ4v) is 7.91. The smallest absolute Gasteiger partial charge is 0.262 e. The number of piperazine rings is 1. The molecule has 3 saturated heterocycles. The Morgan fingerprint density at radius 2 is 1.58 bits per heavy atom. The van der Waals surface area contributed by atoms with Crippen LogP contribution in [0.1, 0.15) is 84.2 Å². The minimum absolute atomic E-state index is 0.112. The first-order chi connectivity index (χ1) is 20.6. The molecule has 1 N–H and O–H groups in total. The summed E-state index contributed by atoms with van der Waals surface area (Å²) >= 11 is 6.20. The van der Waals surface area contributed by atoms with Crippen LogP contribution >= 0.6 is 11.6 Å². The molecule has 2 aromatic rings. The number of halogens is 1. The van der Waals surface area contributed by atoms with Crippen LogP contribution < -0.4 is 5.32 Å². The van der Waals surface area contributed by atoms with Crippen molar-refractivity contribution in [3.8, 4) is 0 Å². The van der Waals surface area contributed by atoms with Crippen molar-refractivity contribution in [1.29, 1.82) is 0 Å². The molecule has 2 bridgehead atoms. The van der Waals surface area contributed by atoms with Crippen molar-refractivity contribution in [2.75, 3.05) is 19.6 Å². The van der Waals surface area contributed by atoms with Gasteiger partial charge in [0.05, 0.1) is 11.1 Å². The largest absolute Gasteiger partial charge is 0.295 e. The summed E-state index contributed by atoms with van der Waals surface area (Å²) in [6.07, 6.45) is 4.82. The van der Waals surface area contributed by atoms with Gasteiger partial charge in [0.25, 0.3) is 11.8 Å². The van der Waals surface area contributed by atoms with Crippen LogP contribution in [0, 0.1) is 5.41 Å². The number of fused-ring (bicyclic) bond motifs is 3. The molecule has 1 aliphatic carbocycles. The number of benzene rings is 2. The van der Waals surface area contributed by atoms with Crippen LogP contribution in [-0.2, 0) is 16.1 Å². The van der Waals surface area contributed by atoms with Gasteiger partial charge in [-0.25, -0.2) is 0 Å². The Balaban J connectivity index is 1.03. The van der Waals surface area contributed by atoms with Crippen LogP contribution in [0.25, 0.3) is 5.57 Å². The number of imide groups is 2. The molecule has 1 unspecified atom stereocenters. The number of rotatable bonds is 6. The van der Waals surface area contributed by atoms with Gasteiger partial charge in [0, 0.05) is 49.7 Å². The number of carbonyl (C=O) groups excluding carboxylic acids is 4. The lowest BCUT2D eigenvalue weighted by Crippen LogP contribution is -2.54. The second kappa shape index (κ2) is 10.7. The third kappa shape index (κ3) is 5.23. The molecule has 4 aliphatic heterocycles. The van der Waals surface area contributed by atoms with Crippen LogP contribution in [0.2, 0.25) is 5.02 Å². The van der Waals surface area contributed by atoms with E-state index < -0.39 is 23.8 Å². The molecule has 3 atom stereocenters. The minimum Gasteiger partial charge on any atom is -0.295 e. The van der Waals surface area contributed by atoms with E-state index in [1.54, 1.807) is 11.6 Å². The van der Waals surface area contributed by atoms with E-state index in [0.29, 0.717) is 28.6 Å². The number of nitrogens with one attached hydrogen (secondary N) is 1. The molecule has 4 amide bonds. The maximum absolute atomic E-state index is 13.3. The third-order valence-corrected chi connectivity index (χ3v) is 10.4. The molecule has 0 radical (unpaired) electrons. The summed E-state index contributed by atoms with van der Waals surface area (Å²) in [7, 11) is 0. The van der Waals surface area contributed by atoms with Crippen LogP contribution in [0.15, 0.2) is 48.0 Å². The molecular formula is C34H37ClN4O4. The Kier molecular flexibility index (Phi) is 7.07. The van der Waals surface area contributed by atoms with E-state index in [-0.39, 0.29) is 18.7 Å². The molecule has 0 saturated carbocycles. The highest BCUT2D eigenvalue weighted by Gasteiger charge is 2.46. The number of amides is 4. The minimum atomic E-state index is -0.945. The van der Waals surface area contributed by atoms with Gasteiger partial charge in [0.1, 0.15) is 6.04 Å². The third-order valence-electron chi connectivity index (χ3n) is 10.1. The van der Waals surface area contributed by atoms with Gasteiger partial charge in [-0.2, -0.15) is 0 Å². The fraction of sp³-hybridized carbons (Fsp3) is 0.471. The van der Waals surface area contributed by atoms with Crippen LogP contribution in [0.5, 0.6) is 0 Å². The van der Waals surface area contributed by atoms with Crippen molar-refractivity contribution in [1.82, 2.24) is 20.0 Å². The molecule has 7 rings (SSSR count). The Morgan fingerprint density at radius 3 is 2.28 bits per heavy atom. The van der Waals surface area contributed by atoms with Gasteiger partial charge in [-0.1, -0.05) is 49.2 Å². The molecule has 8 nitrogen and oxygen atoms in total. The molecule has 0 spiro atoms. The van der Waals surface area contributed by atoms with Crippen LogP contribution in [0.4, 0.5) is 0 Å². The van der Waals surface area contributed by atoms with E-state index in [2.05, 4.69) is 41.1 Å². The van der Waals surface area contributed by atoms with Gasteiger partial charge in [-0.05, 0) is 78.5 Å². The van der Waals surface area contributed by atoms with Gasteiger partial charge in [0.2, 0.25) is 11.8 Å². The first kappa shape index (κ1) is 28.4. The zero-order chi connectivity index (χ0) is 30.0. The van der Waals surface area contributed by atoms with Crippen molar-refractivity contribution in [2.24, 2.45) is 5.41 Å². The van der Waals surface area contributed by atoms with E-state index in [1.807, 2.05) is 24.3 Å². The number of likely N-dealkylation sites (tertiary alicyclic amines) is 2. The van der Waals surface area contributed by atoms with E-state index in [1.165, 1.54) is 17.6 Å². The standard InChI is InChI=1S/C34H37ClN4O4/c1-34(2)12-11-22(28(15-34)21-4-6-23(35)7-5-21)17-38-19-24-14-25(38)18-37(24)16-20-3-8-26-27(13-20)33(43)39(32(26)42)29-9-10-30(40)36-31(29)41/h3-8,13,24-25,29H,9-12,14-19H2,1-2H3,(H,36,40,41)/t24-,25-,29?/m0/s1. The van der Waals surface area contributed by atoms with Gasteiger partial charge < -0.3 is 0 Å². The van der Waals surface area contributed by atoms with Gasteiger partial charge in [0.15, 0.2) is 0 Å². The Labute approximate surface area is 257 Å². The SMILES string of the molecule is CC1(C)CCC(CN2C[C@@H]3C[C@H]2CN3Cc2ccc3c(c2)C(=O)N(C2CCC(=O)NC2=O)C3=O)=C(c2ccc(Cl)cc2)C1. The van der Waals surface area contributed by atoms with Gasteiger partial charge in [-0.15, -0.1) is 0 Å². The molecule has 5 aliphatic rings. The van der Waals surface area contributed by atoms with Crippen molar-refractivity contribution >= 4 is 40.8 Å². The maximum Gasteiger partial charge on any atom is 0.262 e. The second-order valence-electron chi connectivity index (χ2n) is 13.7. The van der Waals surface area contributed by atoms with Gasteiger partial charge >= 0.3 is 0 Å². The van der Waals surface area contributed by atoms with E-state index >= 15 is 0 Å². The number of hydrogen-bond acceptors (Lipinski definition) is 6. The average Bonchev–Trinajstić information content (AvgIpc) is 3.62. The summed E-state index contributed by atoms with van der Waals surface area (Å²) in [6.45, 7) is 8.46. The molecule has 4 heterocycles. The van der Waals surface area contributed by atoms with Crippen molar-refractivity contribution in [3.05, 3.63) is 75.3 Å². The zero-order valence-electron chi connectivity index (χ0n) is 24.7. The first-order valence-electron chi connectivity index (χ1n) is 15.4. The quantitative estimate of drug-likeness (QED) is 0.485. The fourth-order valence-electron chi connectivity index (χ4n) is 7.78. The lowest BCUT2D eigenvalue weighted by molar-refractivity contribution is -0.136. The topological polar surface area (TPSA) is 90.0 Å². The van der Waals surface area contributed by atoms with Crippen molar-refractivity contribution in [2.45, 2.75) is 77.0 Å². The lowest BCUT2D eigenvalue weighted by Gasteiger charge is -2.38. The summed E-state index contributed by atoms with van der Waals surface area (Å²) in [5.74, 6) is -1.88. The number of nitrogens with zero attached hydrogens (tertiary/aromatic N) is 3. The molecular weight excluding hydrogens is 564 g/mol. The number of carbonyl (C=O) groups is 4. The number of allylic oxidation sites excluding steroid dienone is 1. The Morgan fingerprint density at radius 1 is 0.884 bits per heavy atom. The van der Waals surface area contributed by atoms with E-state index in [9.17, 15) is 19.2 Å². The Hall–Kier alpha value is -3.33. The lowest BCUT2D eigenvalue weighted by atomic mass is 9.72. The molecule has 0 aromatic heterocycles. The van der Waals surface area contributed by atoms with Crippen molar-refractivity contribution < 1.29 is 19.2 Å². The number of hydrogen-bond donors (Lipinski definition) is 1. The summed E-state index contributed by atoms with van der Waals surface area (Å²) < 4.78 is 0. The van der Waals surface area contributed by atoms with E-state index in [4.69, 9.17) is 11.6 Å². The highest BCUT2D eigenvalue weighted by Crippen LogP contribution is 2.44. The normalized spacial score (nSPS) is 27.3. The molecule has 224 valence electrons. The summed E-state index contributed by atoms with van der Waals surface area (Å²) in [4.78, 5) is 56.5. The average molecular weight is 601 g/mol. The predicted octanol–water partition coefficient (Wildman–Crippen LogP) is 4.66. The molecule has 2 aromatic carbocycles. The van der Waals surface area contributed by atoms with Gasteiger partial charge in [-0.3, -0.25) is 39.2 Å². The monoisotopic (exact) mass is 600 g/mol. The summed E-state index contributed by atoms with van der Waals surface area (Å²) in [6, 6.07) is 13.8. The molecule has 3 fully saturated rings. The number of piperidine rings is 1. The highest BCUT2D eigenvalue weighted by molar-refractivity contribution is 6.30. The van der Waals surface area contributed by atoms with Crippen LogP contribution in [-0.4, -0.2) is 76.1 Å². The summed E-state index contributed by atoms with van der Waals surface area (Å²) in [5, 5.41) is 3.02. The highest BCUT2D eigenvalue weighted by atomic mass is 35.5. The Bertz CT molecular complexity index is 1560. The second-order valence-corrected chi connectivity index (χ2v) is 14.1. The first-order valence-corrected chi connectivity index (χ1v) is 15.7. The molecule has 9 heteroatoms. The zero-order valence-corrected chi connectivity index (χ0v) is 25.5. The van der Waals surface area contributed by atoms with Crippen molar-refractivity contribution in [3.63, 3.8) is 0 Å². The molecule has 43 heavy (non-hydrogen) atoms.